The summed E-state index contributed by atoms with van der Waals surface area (Å²) in [6, 6.07) is 7.40. The third-order valence-electron chi connectivity index (χ3n) is 3.35. The average molecular weight is 342 g/mol. The first-order chi connectivity index (χ1) is 9.50. The van der Waals surface area contributed by atoms with Crippen LogP contribution in [0, 0.1) is 5.92 Å². The van der Waals surface area contributed by atoms with Gasteiger partial charge in [0.1, 0.15) is 0 Å². The summed E-state index contributed by atoms with van der Waals surface area (Å²) in [7, 11) is 0. The second-order valence-electron chi connectivity index (χ2n) is 5.33. The van der Waals surface area contributed by atoms with Crippen molar-refractivity contribution in [2.45, 2.75) is 26.1 Å². The van der Waals surface area contributed by atoms with E-state index in [0.717, 1.165) is 10.9 Å². The van der Waals surface area contributed by atoms with Gasteiger partial charge in [-0.2, -0.15) is 0 Å². The minimum absolute atomic E-state index is 0.0669. The molecule has 5 heteroatoms. The second-order valence-corrected chi connectivity index (χ2v) is 6.18. The number of hydrogen-bond donors (Lipinski definition) is 1. The summed E-state index contributed by atoms with van der Waals surface area (Å²) in [4.78, 5) is 12.1. The minimum atomic E-state index is -0.503. The molecule has 1 N–H and O–H groups in total. The molecule has 0 saturated carbocycles. The molecule has 1 aliphatic heterocycles. The lowest BCUT2D eigenvalue weighted by atomic mass is 10.0. The largest absolute Gasteiger partial charge is 0.352 e. The molecule has 1 aromatic carbocycles. The highest BCUT2D eigenvalue weighted by atomic mass is 79.9. The van der Waals surface area contributed by atoms with E-state index in [9.17, 15) is 4.79 Å². The molecule has 2 rings (SSSR count). The van der Waals surface area contributed by atoms with Gasteiger partial charge in [0, 0.05) is 17.4 Å². The zero-order chi connectivity index (χ0) is 14.6. The topological polar surface area (TPSA) is 47.6 Å². The van der Waals surface area contributed by atoms with E-state index in [0.29, 0.717) is 25.3 Å². The smallest absolute Gasteiger partial charge is 0.252 e. The summed E-state index contributed by atoms with van der Waals surface area (Å²) >= 11 is 3.38. The van der Waals surface area contributed by atoms with Gasteiger partial charge in [-0.1, -0.05) is 19.1 Å². The summed E-state index contributed by atoms with van der Waals surface area (Å²) in [5, 5.41) is 2.95. The molecule has 20 heavy (non-hydrogen) atoms. The lowest BCUT2D eigenvalue weighted by Gasteiger charge is -2.26. The van der Waals surface area contributed by atoms with Crippen molar-refractivity contribution >= 4 is 21.8 Å². The Morgan fingerprint density at radius 2 is 2.05 bits per heavy atom. The predicted octanol–water partition coefficient (Wildman–Crippen LogP) is 2.97. The lowest BCUT2D eigenvalue weighted by Crippen LogP contribution is -2.34. The van der Waals surface area contributed by atoms with Gasteiger partial charge in [0.25, 0.3) is 5.91 Å². The van der Waals surface area contributed by atoms with E-state index in [4.69, 9.17) is 9.47 Å². The molecule has 1 atom stereocenters. The highest BCUT2D eigenvalue weighted by Gasteiger charge is 2.32. The van der Waals surface area contributed by atoms with Crippen molar-refractivity contribution in [2.24, 2.45) is 5.92 Å². The number of halogens is 1. The van der Waals surface area contributed by atoms with Crippen LogP contribution in [0.2, 0.25) is 0 Å². The number of carbonyl (C=O) groups excluding carboxylic acids is 1. The van der Waals surface area contributed by atoms with E-state index >= 15 is 0 Å². The molecule has 0 bridgehead atoms. The van der Waals surface area contributed by atoms with Crippen molar-refractivity contribution in [2.75, 3.05) is 19.8 Å². The van der Waals surface area contributed by atoms with E-state index in [1.807, 2.05) is 25.1 Å². The summed E-state index contributed by atoms with van der Waals surface area (Å²) < 4.78 is 12.0. The summed E-state index contributed by atoms with van der Waals surface area (Å²) in [6.07, 6.45) is 0.767. The van der Waals surface area contributed by atoms with E-state index in [1.54, 1.807) is 6.07 Å². The number of hydrogen-bond acceptors (Lipinski definition) is 3. The number of amides is 1. The quantitative estimate of drug-likeness (QED) is 0.895. The average Bonchev–Trinajstić information content (AvgIpc) is 2.83. The molecule has 0 aliphatic carbocycles. The molecule has 1 amide bonds. The second kappa shape index (κ2) is 6.70. The number of ether oxygens (including phenoxy) is 2. The van der Waals surface area contributed by atoms with Gasteiger partial charge in [0.15, 0.2) is 5.79 Å². The Labute approximate surface area is 128 Å². The Balaban J connectivity index is 1.83. The van der Waals surface area contributed by atoms with Crippen LogP contribution in [0.1, 0.15) is 30.6 Å². The Morgan fingerprint density at radius 3 is 2.70 bits per heavy atom. The molecule has 4 nitrogen and oxygen atoms in total. The first kappa shape index (κ1) is 15.5. The molecule has 1 fully saturated rings. The normalized spacial score (nSPS) is 18.8. The number of carbonyl (C=O) groups is 1. The van der Waals surface area contributed by atoms with Crippen LogP contribution in [-0.4, -0.2) is 31.5 Å². The van der Waals surface area contributed by atoms with Crippen molar-refractivity contribution in [1.82, 2.24) is 5.32 Å². The SMILES string of the molecule is CC(CNC(=O)c1ccccc1Br)CC1(C)OCCO1. The third kappa shape index (κ3) is 4.04. The highest BCUT2D eigenvalue weighted by molar-refractivity contribution is 9.10. The van der Waals surface area contributed by atoms with Gasteiger partial charge >= 0.3 is 0 Å². The number of benzene rings is 1. The molecule has 1 aromatic rings. The molecule has 0 aromatic heterocycles. The summed E-state index contributed by atoms with van der Waals surface area (Å²) in [5.74, 6) is -0.287. The van der Waals surface area contributed by atoms with Crippen LogP contribution in [0.3, 0.4) is 0 Å². The highest BCUT2D eigenvalue weighted by Crippen LogP contribution is 2.26. The van der Waals surface area contributed by atoms with Gasteiger partial charge in [0.05, 0.1) is 18.8 Å². The molecule has 0 radical (unpaired) electrons. The molecule has 1 unspecified atom stereocenters. The fourth-order valence-electron chi connectivity index (χ4n) is 2.39. The molecular weight excluding hydrogens is 322 g/mol. The van der Waals surface area contributed by atoms with Crippen molar-refractivity contribution in [3.63, 3.8) is 0 Å². The van der Waals surface area contributed by atoms with Crippen LogP contribution in [0.15, 0.2) is 28.7 Å². The van der Waals surface area contributed by atoms with Gasteiger partial charge in [-0.05, 0) is 40.9 Å². The Hall–Kier alpha value is -0.910. The van der Waals surface area contributed by atoms with Gasteiger partial charge in [0.2, 0.25) is 0 Å². The van der Waals surface area contributed by atoms with Crippen molar-refractivity contribution in [3.05, 3.63) is 34.3 Å². The predicted molar refractivity (Wildman–Crippen MR) is 80.6 cm³/mol. The Bertz CT molecular complexity index is 472. The fraction of sp³-hybridized carbons (Fsp3) is 0.533. The van der Waals surface area contributed by atoms with Crippen LogP contribution in [0.4, 0.5) is 0 Å². The Morgan fingerprint density at radius 1 is 1.40 bits per heavy atom. The molecular formula is C15H20BrNO3. The van der Waals surface area contributed by atoms with E-state index < -0.39 is 5.79 Å². The van der Waals surface area contributed by atoms with Gasteiger partial charge in [-0.15, -0.1) is 0 Å². The Kier molecular flexibility index (Phi) is 5.18. The van der Waals surface area contributed by atoms with Crippen LogP contribution in [0.5, 0.6) is 0 Å². The monoisotopic (exact) mass is 341 g/mol. The minimum Gasteiger partial charge on any atom is -0.352 e. The molecule has 110 valence electrons. The number of nitrogens with one attached hydrogen (secondary N) is 1. The van der Waals surface area contributed by atoms with Crippen LogP contribution < -0.4 is 5.32 Å². The van der Waals surface area contributed by atoms with E-state index in [1.165, 1.54) is 0 Å². The zero-order valence-electron chi connectivity index (χ0n) is 11.8. The lowest BCUT2D eigenvalue weighted by molar-refractivity contribution is -0.153. The van der Waals surface area contributed by atoms with E-state index in [2.05, 4.69) is 28.2 Å². The zero-order valence-corrected chi connectivity index (χ0v) is 13.4. The summed E-state index contributed by atoms with van der Waals surface area (Å²) in [6.45, 7) is 5.92. The molecule has 1 aliphatic rings. The van der Waals surface area contributed by atoms with Gasteiger partial charge in [-0.3, -0.25) is 4.79 Å². The van der Waals surface area contributed by atoms with Crippen LogP contribution in [0.25, 0.3) is 0 Å². The standard InChI is InChI=1S/C15H20BrNO3/c1-11(9-15(2)19-7-8-20-15)10-17-14(18)12-5-3-4-6-13(12)16/h3-6,11H,7-10H2,1-2H3,(H,17,18). The maximum Gasteiger partial charge on any atom is 0.252 e. The summed E-state index contributed by atoms with van der Waals surface area (Å²) in [5.41, 5.74) is 0.652. The van der Waals surface area contributed by atoms with Crippen molar-refractivity contribution in [3.8, 4) is 0 Å². The van der Waals surface area contributed by atoms with Gasteiger partial charge in [-0.25, -0.2) is 0 Å². The third-order valence-corrected chi connectivity index (χ3v) is 4.04. The maximum absolute atomic E-state index is 12.1. The van der Waals surface area contributed by atoms with Gasteiger partial charge < -0.3 is 14.8 Å². The molecule has 1 heterocycles. The first-order valence-electron chi connectivity index (χ1n) is 6.81. The fourth-order valence-corrected chi connectivity index (χ4v) is 2.85. The molecule has 0 spiro atoms. The number of rotatable bonds is 5. The van der Waals surface area contributed by atoms with Crippen LogP contribution in [-0.2, 0) is 9.47 Å². The molecule has 1 saturated heterocycles. The van der Waals surface area contributed by atoms with Crippen molar-refractivity contribution in [1.29, 1.82) is 0 Å². The van der Waals surface area contributed by atoms with Crippen LogP contribution >= 0.6 is 15.9 Å². The maximum atomic E-state index is 12.1. The van der Waals surface area contributed by atoms with Crippen molar-refractivity contribution < 1.29 is 14.3 Å². The van der Waals surface area contributed by atoms with E-state index in [-0.39, 0.29) is 11.8 Å². The first-order valence-corrected chi connectivity index (χ1v) is 7.60.